The lowest BCUT2D eigenvalue weighted by atomic mass is 10.1. The number of hydrogen-bond acceptors (Lipinski definition) is 6. The predicted octanol–water partition coefficient (Wildman–Crippen LogP) is 5.54. The van der Waals surface area contributed by atoms with Crippen molar-refractivity contribution < 1.29 is 4.52 Å². The second-order valence-electron chi connectivity index (χ2n) is 6.65. The van der Waals surface area contributed by atoms with Crippen LogP contribution in [0.25, 0.3) is 11.3 Å². The number of nitrogens with one attached hydrogen (secondary N) is 2. The lowest BCUT2D eigenvalue weighted by molar-refractivity contribution is 0.400. The van der Waals surface area contributed by atoms with Crippen molar-refractivity contribution in [3.63, 3.8) is 0 Å². The van der Waals surface area contributed by atoms with Crippen molar-refractivity contribution in [3.8, 4) is 11.3 Å². The number of hydrogen-bond donors (Lipinski definition) is 2. The van der Waals surface area contributed by atoms with Gasteiger partial charge in [0.2, 0.25) is 5.95 Å². The molecule has 0 aliphatic heterocycles. The molecule has 0 fully saturated rings. The Morgan fingerprint density at radius 2 is 1.61 bits per heavy atom. The van der Waals surface area contributed by atoms with Crippen molar-refractivity contribution >= 4 is 23.3 Å². The Balaban J connectivity index is 1.74. The van der Waals surface area contributed by atoms with Crippen molar-refractivity contribution in [3.05, 3.63) is 77.6 Å². The van der Waals surface area contributed by atoms with Gasteiger partial charge in [-0.3, -0.25) is 0 Å². The Hall–Kier alpha value is -3.67. The monoisotopic (exact) mass is 371 g/mol. The zero-order chi connectivity index (χ0) is 19.5. The predicted molar refractivity (Wildman–Crippen MR) is 111 cm³/mol. The van der Waals surface area contributed by atoms with Crippen LogP contribution in [0.15, 0.2) is 65.2 Å². The van der Waals surface area contributed by atoms with Gasteiger partial charge >= 0.3 is 0 Å². The van der Waals surface area contributed by atoms with Crippen LogP contribution in [0.4, 0.5) is 23.3 Å². The van der Waals surface area contributed by atoms with E-state index in [4.69, 9.17) is 4.52 Å². The fourth-order valence-electron chi connectivity index (χ4n) is 2.89. The molecule has 0 aliphatic rings. The Labute approximate surface area is 163 Å². The highest BCUT2D eigenvalue weighted by atomic mass is 16.5. The maximum absolute atomic E-state index is 5.12. The maximum atomic E-state index is 5.12. The van der Waals surface area contributed by atoms with Crippen molar-refractivity contribution in [1.29, 1.82) is 0 Å². The van der Waals surface area contributed by atoms with Gasteiger partial charge in [0, 0.05) is 23.4 Å². The Bertz CT molecular complexity index is 1110. The molecule has 2 heterocycles. The molecule has 0 atom stereocenters. The first kappa shape index (κ1) is 17.7. The molecule has 2 aromatic heterocycles. The molecule has 6 nitrogen and oxygen atoms in total. The molecule has 0 unspecified atom stereocenters. The number of aromatic nitrogens is 3. The Morgan fingerprint density at radius 1 is 0.786 bits per heavy atom. The molecule has 4 rings (SSSR count). The summed E-state index contributed by atoms with van der Waals surface area (Å²) >= 11 is 0. The molecule has 0 aliphatic carbocycles. The summed E-state index contributed by atoms with van der Waals surface area (Å²) in [6.07, 6.45) is 0. The number of benzene rings is 2. The van der Waals surface area contributed by atoms with Crippen molar-refractivity contribution in [2.45, 2.75) is 20.8 Å². The molecule has 0 saturated heterocycles. The topological polar surface area (TPSA) is 75.9 Å². The smallest absolute Gasteiger partial charge is 0.231 e. The van der Waals surface area contributed by atoms with Gasteiger partial charge in [0.15, 0.2) is 5.82 Å². The molecule has 0 saturated carbocycles. The van der Waals surface area contributed by atoms with Gasteiger partial charge in [-0.2, -0.15) is 4.98 Å². The van der Waals surface area contributed by atoms with E-state index in [-0.39, 0.29) is 0 Å². The van der Waals surface area contributed by atoms with E-state index >= 15 is 0 Å². The summed E-state index contributed by atoms with van der Waals surface area (Å²) < 4.78 is 5.12. The van der Waals surface area contributed by atoms with E-state index in [2.05, 4.69) is 45.7 Å². The third kappa shape index (κ3) is 3.86. The van der Waals surface area contributed by atoms with E-state index in [9.17, 15) is 0 Å². The molecule has 0 amide bonds. The highest BCUT2D eigenvalue weighted by Crippen LogP contribution is 2.27. The first-order chi connectivity index (χ1) is 13.6. The second-order valence-corrected chi connectivity index (χ2v) is 6.65. The summed E-state index contributed by atoms with van der Waals surface area (Å²) in [7, 11) is 0. The van der Waals surface area contributed by atoms with Gasteiger partial charge in [-0.25, -0.2) is 4.98 Å². The lowest BCUT2D eigenvalue weighted by Crippen LogP contribution is -2.03. The van der Waals surface area contributed by atoms with Gasteiger partial charge in [0.25, 0.3) is 0 Å². The van der Waals surface area contributed by atoms with Crippen LogP contribution in [0.1, 0.15) is 16.9 Å². The lowest BCUT2D eigenvalue weighted by Gasteiger charge is -2.13. The van der Waals surface area contributed by atoms with Crippen LogP contribution in [-0.4, -0.2) is 15.1 Å². The number of rotatable bonds is 5. The highest BCUT2D eigenvalue weighted by Gasteiger charge is 2.10. The molecule has 140 valence electrons. The third-order valence-electron chi connectivity index (χ3n) is 4.53. The fourth-order valence-corrected chi connectivity index (χ4v) is 2.89. The van der Waals surface area contributed by atoms with Gasteiger partial charge in [0.05, 0.1) is 5.69 Å². The van der Waals surface area contributed by atoms with Crippen LogP contribution >= 0.6 is 0 Å². The Kier molecular flexibility index (Phi) is 4.76. The molecular weight excluding hydrogens is 350 g/mol. The van der Waals surface area contributed by atoms with E-state index in [0.29, 0.717) is 17.6 Å². The third-order valence-corrected chi connectivity index (χ3v) is 4.53. The summed E-state index contributed by atoms with van der Waals surface area (Å²) in [6, 6.07) is 19.9. The van der Waals surface area contributed by atoms with Crippen LogP contribution in [0.5, 0.6) is 0 Å². The number of aryl methyl sites for hydroxylation is 2. The van der Waals surface area contributed by atoms with E-state index in [1.807, 2.05) is 55.5 Å². The molecule has 2 aromatic carbocycles. The summed E-state index contributed by atoms with van der Waals surface area (Å²) in [5.74, 6) is 2.43. The molecular formula is C22H21N5O. The van der Waals surface area contributed by atoms with Gasteiger partial charge in [-0.05, 0) is 38.0 Å². The van der Waals surface area contributed by atoms with E-state index in [0.717, 1.165) is 22.7 Å². The SMILES string of the molecule is Cc1cc(Nc2nc(Nc3cccc(C)c3C)cc(-c3ccccc3)n2)no1. The fraction of sp³-hybridized carbons (Fsp3) is 0.136. The van der Waals surface area contributed by atoms with Crippen LogP contribution in [0.2, 0.25) is 0 Å². The van der Waals surface area contributed by atoms with Gasteiger partial charge in [0.1, 0.15) is 11.6 Å². The van der Waals surface area contributed by atoms with Crippen LogP contribution in [0, 0.1) is 20.8 Å². The zero-order valence-electron chi connectivity index (χ0n) is 16.0. The molecule has 4 aromatic rings. The van der Waals surface area contributed by atoms with Crippen LogP contribution in [-0.2, 0) is 0 Å². The molecule has 0 bridgehead atoms. The Morgan fingerprint density at radius 3 is 2.36 bits per heavy atom. The average molecular weight is 371 g/mol. The second kappa shape index (κ2) is 7.52. The van der Waals surface area contributed by atoms with Crippen molar-refractivity contribution in [1.82, 2.24) is 15.1 Å². The minimum atomic E-state index is 0.447. The first-order valence-corrected chi connectivity index (χ1v) is 9.06. The first-order valence-electron chi connectivity index (χ1n) is 9.06. The standard InChI is InChI=1S/C22H21N5O/c1-14-8-7-11-18(16(14)3)23-20-13-19(17-9-5-4-6-10-17)24-22(25-20)26-21-12-15(2)28-27-21/h4-13H,1-3H3,(H2,23,24,25,26,27). The number of nitrogens with zero attached hydrogens (tertiary/aromatic N) is 3. The van der Waals surface area contributed by atoms with Crippen molar-refractivity contribution in [2.75, 3.05) is 10.6 Å². The number of anilines is 4. The van der Waals surface area contributed by atoms with Crippen LogP contribution < -0.4 is 10.6 Å². The quantitative estimate of drug-likeness (QED) is 0.479. The normalized spacial score (nSPS) is 10.7. The minimum Gasteiger partial charge on any atom is -0.360 e. The van der Waals surface area contributed by atoms with Crippen molar-refractivity contribution in [2.24, 2.45) is 0 Å². The van der Waals surface area contributed by atoms with E-state index in [1.165, 1.54) is 11.1 Å². The van der Waals surface area contributed by atoms with Gasteiger partial charge < -0.3 is 15.2 Å². The molecule has 0 spiro atoms. The van der Waals surface area contributed by atoms with E-state index < -0.39 is 0 Å². The minimum absolute atomic E-state index is 0.447. The average Bonchev–Trinajstić information content (AvgIpc) is 3.10. The van der Waals surface area contributed by atoms with Gasteiger partial charge in [-0.1, -0.05) is 47.6 Å². The highest BCUT2D eigenvalue weighted by molar-refractivity contribution is 5.69. The summed E-state index contributed by atoms with van der Waals surface area (Å²) in [5, 5.41) is 10.5. The molecule has 0 radical (unpaired) electrons. The van der Waals surface area contributed by atoms with Crippen LogP contribution in [0.3, 0.4) is 0 Å². The summed E-state index contributed by atoms with van der Waals surface area (Å²) in [6.45, 7) is 6.02. The molecule has 6 heteroatoms. The summed E-state index contributed by atoms with van der Waals surface area (Å²) in [5.41, 5.74) is 5.24. The maximum Gasteiger partial charge on any atom is 0.231 e. The van der Waals surface area contributed by atoms with Gasteiger partial charge in [-0.15, -0.1) is 0 Å². The molecule has 28 heavy (non-hydrogen) atoms. The zero-order valence-corrected chi connectivity index (χ0v) is 16.0. The van der Waals surface area contributed by atoms with E-state index in [1.54, 1.807) is 6.07 Å². The summed E-state index contributed by atoms with van der Waals surface area (Å²) in [4.78, 5) is 9.26. The molecule has 2 N–H and O–H groups in total. The largest absolute Gasteiger partial charge is 0.360 e.